The monoisotopic (exact) mass is 364 g/mol. The van der Waals surface area contributed by atoms with Crippen LogP contribution in [0.25, 0.3) is 11.1 Å². The van der Waals surface area contributed by atoms with Crippen molar-refractivity contribution >= 4 is 51.0 Å². The van der Waals surface area contributed by atoms with Crippen LogP contribution in [0.15, 0.2) is 28.0 Å². The molecule has 3 rings (SSSR count). The number of hydrogen-bond acceptors (Lipinski definition) is 7. The van der Waals surface area contributed by atoms with Crippen molar-refractivity contribution in [1.29, 1.82) is 0 Å². The van der Waals surface area contributed by atoms with E-state index < -0.39 is 0 Å². The Kier molecular flexibility index (Phi) is 5.13. The van der Waals surface area contributed by atoms with Crippen LogP contribution in [-0.4, -0.2) is 41.3 Å². The maximum atomic E-state index is 12.1. The van der Waals surface area contributed by atoms with E-state index in [1.807, 2.05) is 14.1 Å². The van der Waals surface area contributed by atoms with E-state index in [0.717, 1.165) is 13.0 Å². The number of halogens is 1. The maximum Gasteiger partial charge on any atom is 0.302 e. The molecule has 0 saturated carbocycles. The summed E-state index contributed by atoms with van der Waals surface area (Å²) in [6.07, 6.45) is 1.31. The highest BCUT2D eigenvalue weighted by Gasteiger charge is 2.13. The summed E-state index contributed by atoms with van der Waals surface area (Å²) in [4.78, 5) is 22.8. The summed E-state index contributed by atoms with van der Waals surface area (Å²) in [7, 11) is 3.98. The number of nitrogens with zero attached hydrogens (tertiary/aromatic N) is 3. The van der Waals surface area contributed by atoms with Gasteiger partial charge in [-0.1, -0.05) is 11.6 Å². The summed E-state index contributed by atoms with van der Waals surface area (Å²) < 4.78 is 5.58. The second kappa shape index (κ2) is 7.29. The highest BCUT2D eigenvalue weighted by atomic mass is 35.5. The van der Waals surface area contributed by atoms with Crippen LogP contribution in [-0.2, 0) is 0 Å². The predicted molar refractivity (Wildman–Crippen MR) is 96.5 cm³/mol. The van der Waals surface area contributed by atoms with Gasteiger partial charge in [-0.3, -0.25) is 10.1 Å². The average Bonchev–Trinajstić information content (AvgIpc) is 3.13. The molecule has 0 saturated heterocycles. The van der Waals surface area contributed by atoms with E-state index in [9.17, 15) is 4.79 Å². The van der Waals surface area contributed by atoms with Crippen LogP contribution in [0.5, 0.6) is 0 Å². The standard InChI is InChI=1S/C16H17ClN4O2S/c1-21(2)7-3-4-13(22)12-9-24-16(19-12)20-15-18-11-8-10(17)5-6-14(11)23-15/h5-6,8-9H,3-4,7H2,1-2H3,(H,18,19,20). The van der Waals surface area contributed by atoms with Crippen LogP contribution in [0.1, 0.15) is 23.3 Å². The smallest absolute Gasteiger partial charge is 0.302 e. The van der Waals surface area contributed by atoms with Gasteiger partial charge >= 0.3 is 6.01 Å². The molecule has 0 aliphatic carbocycles. The molecule has 0 atom stereocenters. The zero-order valence-corrected chi connectivity index (χ0v) is 14.9. The van der Waals surface area contributed by atoms with Gasteiger partial charge in [-0.05, 0) is 45.3 Å². The number of aromatic nitrogens is 2. The molecule has 0 aliphatic rings. The van der Waals surface area contributed by atoms with Crippen LogP contribution in [0.4, 0.5) is 11.1 Å². The number of benzene rings is 1. The van der Waals surface area contributed by atoms with Gasteiger partial charge in [-0.2, -0.15) is 4.98 Å². The lowest BCUT2D eigenvalue weighted by Gasteiger charge is -2.07. The molecule has 24 heavy (non-hydrogen) atoms. The van der Waals surface area contributed by atoms with Gasteiger partial charge in [0.25, 0.3) is 0 Å². The van der Waals surface area contributed by atoms with Crippen LogP contribution in [0.3, 0.4) is 0 Å². The van der Waals surface area contributed by atoms with E-state index in [1.54, 1.807) is 23.6 Å². The Morgan fingerprint density at radius 2 is 2.21 bits per heavy atom. The number of hydrogen-bond donors (Lipinski definition) is 1. The molecular formula is C16H17ClN4O2S. The van der Waals surface area contributed by atoms with E-state index in [1.165, 1.54) is 11.3 Å². The number of oxazole rings is 1. The third-order valence-electron chi connectivity index (χ3n) is 3.36. The molecule has 0 aliphatic heterocycles. The first-order chi connectivity index (χ1) is 11.5. The van der Waals surface area contributed by atoms with E-state index >= 15 is 0 Å². The summed E-state index contributed by atoms with van der Waals surface area (Å²) in [5, 5.41) is 5.91. The number of thiazole rings is 1. The Morgan fingerprint density at radius 3 is 3.00 bits per heavy atom. The number of carbonyl (C=O) groups is 1. The number of Topliss-reactive ketones (excluding diaryl/α,β-unsaturated/α-hetero) is 1. The largest absolute Gasteiger partial charge is 0.423 e. The summed E-state index contributed by atoms with van der Waals surface area (Å²) in [5.74, 6) is 0.0468. The fourth-order valence-corrected chi connectivity index (χ4v) is 3.06. The second-order valence-corrected chi connectivity index (χ2v) is 6.92. The van der Waals surface area contributed by atoms with Crippen molar-refractivity contribution in [2.75, 3.05) is 26.0 Å². The minimum absolute atomic E-state index is 0.0468. The first-order valence-corrected chi connectivity index (χ1v) is 8.73. The van der Waals surface area contributed by atoms with Gasteiger partial charge in [0.1, 0.15) is 11.2 Å². The third-order valence-corrected chi connectivity index (χ3v) is 4.36. The first-order valence-electron chi connectivity index (χ1n) is 7.48. The molecule has 3 aromatic rings. The lowest BCUT2D eigenvalue weighted by atomic mass is 10.2. The van der Waals surface area contributed by atoms with Gasteiger partial charge in [0.15, 0.2) is 16.5 Å². The molecular weight excluding hydrogens is 348 g/mol. The van der Waals surface area contributed by atoms with Gasteiger partial charge < -0.3 is 9.32 Å². The van der Waals surface area contributed by atoms with E-state index in [0.29, 0.717) is 39.4 Å². The molecule has 1 N–H and O–H groups in total. The molecule has 0 radical (unpaired) electrons. The van der Waals surface area contributed by atoms with Crippen molar-refractivity contribution in [1.82, 2.24) is 14.9 Å². The minimum atomic E-state index is 0.0468. The molecule has 0 bridgehead atoms. The van der Waals surface area contributed by atoms with E-state index in [2.05, 4.69) is 20.2 Å². The van der Waals surface area contributed by atoms with Crippen LogP contribution >= 0.6 is 22.9 Å². The van der Waals surface area contributed by atoms with Crippen molar-refractivity contribution < 1.29 is 9.21 Å². The quantitative estimate of drug-likeness (QED) is 0.633. The molecule has 2 heterocycles. The number of rotatable bonds is 7. The Labute approximate surface area is 148 Å². The van der Waals surface area contributed by atoms with Gasteiger partial charge in [0.05, 0.1) is 0 Å². The fraction of sp³-hybridized carbons (Fsp3) is 0.312. The van der Waals surface area contributed by atoms with Gasteiger partial charge in [-0.25, -0.2) is 4.98 Å². The van der Waals surface area contributed by atoms with Crippen molar-refractivity contribution in [3.05, 3.63) is 34.3 Å². The van der Waals surface area contributed by atoms with Crippen molar-refractivity contribution in [2.24, 2.45) is 0 Å². The molecule has 8 heteroatoms. The zero-order chi connectivity index (χ0) is 17.1. The lowest BCUT2D eigenvalue weighted by molar-refractivity contribution is 0.0973. The molecule has 0 amide bonds. The minimum Gasteiger partial charge on any atom is -0.423 e. The van der Waals surface area contributed by atoms with E-state index in [4.69, 9.17) is 16.0 Å². The molecule has 1 aromatic carbocycles. The van der Waals surface area contributed by atoms with Crippen molar-refractivity contribution in [3.63, 3.8) is 0 Å². The SMILES string of the molecule is CN(C)CCCC(=O)c1csc(Nc2nc3cc(Cl)ccc3o2)n1. The number of anilines is 2. The predicted octanol–water partition coefficient (Wildman–Crippen LogP) is 4.21. The average molecular weight is 365 g/mol. The molecule has 0 spiro atoms. The Bertz CT molecular complexity index is 859. The summed E-state index contributed by atoms with van der Waals surface area (Å²) in [6.45, 7) is 0.881. The molecule has 0 fully saturated rings. The second-order valence-electron chi connectivity index (χ2n) is 5.62. The normalized spacial score (nSPS) is 11.3. The zero-order valence-electron chi connectivity index (χ0n) is 13.4. The van der Waals surface area contributed by atoms with Gasteiger partial charge in [0, 0.05) is 16.8 Å². The summed E-state index contributed by atoms with van der Waals surface area (Å²) >= 11 is 7.28. The lowest BCUT2D eigenvalue weighted by Crippen LogP contribution is -2.14. The third kappa shape index (κ3) is 4.11. The molecule has 126 valence electrons. The molecule has 6 nitrogen and oxygen atoms in total. The van der Waals surface area contributed by atoms with Crippen LogP contribution in [0.2, 0.25) is 5.02 Å². The maximum absolute atomic E-state index is 12.1. The van der Waals surface area contributed by atoms with Crippen molar-refractivity contribution in [3.8, 4) is 0 Å². The number of nitrogens with one attached hydrogen (secondary N) is 1. The highest BCUT2D eigenvalue weighted by molar-refractivity contribution is 7.14. The highest BCUT2D eigenvalue weighted by Crippen LogP contribution is 2.26. The Morgan fingerprint density at radius 1 is 1.38 bits per heavy atom. The molecule has 2 aromatic heterocycles. The summed E-state index contributed by atoms with van der Waals surface area (Å²) in [5.41, 5.74) is 1.78. The fourth-order valence-electron chi connectivity index (χ4n) is 2.19. The van der Waals surface area contributed by atoms with Crippen LogP contribution < -0.4 is 5.32 Å². The Balaban J connectivity index is 1.65. The van der Waals surface area contributed by atoms with E-state index in [-0.39, 0.29) is 5.78 Å². The number of fused-ring (bicyclic) bond motifs is 1. The van der Waals surface area contributed by atoms with Crippen LogP contribution in [0, 0.1) is 0 Å². The molecule has 0 unspecified atom stereocenters. The summed E-state index contributed by atoms with van der Waals surface area (Å²) in [6, 6.07) is 5.56. The topological polar surface area (TPSA) is 71.3 Å². The van der Waals surface area contributed by atoms with Crippen molar-refractivity contribution in [2.45, 2.75) is 12.8 Å². The van der Waals surface area contributed by atoms with Gasteiger partial charge in [-0.15, -0.1) is 11.3 Å². The first kappa shape index (κ1) is 16.9. The Hall–Kier alpha value is -1.96. The number of ketones is 1. The number of carbonyl (C=O) groups excluding carboxylic acids is 1. The van der Waals surface area contributed by atoms with Gasteiger partial charge in [0.2, 0.25) is 0 Å².